The van der Waals surface area contributed by atoms with Crippen molar-refractivity contribution < 1.29 is 18.0 Å². The molecule has 2 aliphatic heterocycles. The summed E-state index contributed by atoms with van der Waals surface area (Å²) in [6.45, 7) is 8.46. The fourth-order valence-corrected chi connectivity index (χ4v) is 5.81. The number of hydrogen-bond donors (Lipinski definition) is 0. The third-order valence-corrected chi connectivity index (χ3v) is 7.68. The zero-order valence-electron chi connectivity index (χ0n) is 15.2. The zero-order valence-corrected chi connectivity index (χ0v) is 16.1. The molecule has 3 aliphatic rings. The van der Waals surface area contributed by atoms with Gasteiger partial charge in [0, 0.05) is 38.8 Å². The molecule has 7 nitrogen and oxygen atoms in total. The lowest BCUT2D eigenvalue weighted by molar-refractivity contribution is -0.151. The highest BCUT2D eigenvalue weighted by Gasteiger charge is 2.60. The second kappa shape index (κ2) is 6.87. The van der Waals surface area contributed by atoms with Crippen molar-refractivity contribution in [3.63, 3.8) is 0 Å². The molecule has 3 rings (SSSR count). The molecule has 0 aromatic heterocycles. The Morgan fingerprint density at radius 1 is 1.12 bits per heavy atom. The molecule has 1 unspecified atom stereocenters. The lowest BCUT2D eigenvalue weighted by atomic mass is 10.0. The van der Waals surface area contributed by atoms with Crippen LogP contribution in [0.15, 0.2) is 0 Å². The van der Waals surface area contributed by atoms with Crippen LogP contribution in [0.25, 0.3) is 0 Å². The van der Waals surface area contributed by atoms with Crippen LogP contribution >= 0.6 is 0 Å². The number of likely N-dealkylation sites (N-methyl/N-ethyl adjacent to an activating group) is 1. The van der Waals surface area contributed by atoms with Gasteiger partial charge >= 0.3 is 0 Å². The van der Waals surface area contributed by atoms with Crippen molar-refractivity contribution in [2.75, 3.05) is 50.8 Å². The Balaban J connectivity index is 1.69. The van der Waals surface area contributed by atoms with Gasteiger partial charge in [-0.1, -0.05) is 6.92 Å². The summed E-state index contributed by atoms with van der Waals surface area (Å²) in [4.78, 5) is 31.9. The van der Waals surface area contributed by atoms with Crippen LogP contribution in [0.4, 0.5) is 0 Å². The van der Waals surface area contributed by atoms with E-state index in [0.29, 0.717) is 38.9 Å². The number of nitrogens with zero attached hydrogens (tertiary/aromatic N) is 3. The third kappa shape index (κ3) is 3.56. The highest BCUT2D eigenvalue weighted by atomic mass is 32.2. The number of carbonyl (C=O) groups excluding carboxylic acids is 2. The predicted molar refractivity (Wildman–Crippen MR) is 94.8 cm³/mol. The molecule has 1 aliphatic carbocycles. The lowest BCUT2D eigenvalue weighted by Crippen LogP contribution is -2.54. The number of amides is 2. The molecule has 0 bridgehead atoms. The van der Waals surface area contributed by atoms with Crippen molar-refractivity contribution in [1.82, 2.24) is 14.7 Å². The minimum Gasteiger partial charge on any atom is -0.339 e. The fraction of sp³-hybridized carbons (Fsp3) is 0.882. The predicted octanol–water partition coefficient (Wildman–Crippen LogP) is -0.0337. The van der Waals surface area contributed by atoms with Crippen LogP contribution in [0.3, 0.4) is 0 Å². The summed E-state index contributed by atoms with van der Waals surface area (Å²) in [6, 6.07) is -0.273. The molecular formula is C17H29N3O4S. The molecule has 0 N–H and O–H groups in total. The number of hydrogen-bond acceptors (Lipinski definition) is 5. The van der Waals surface area contributed by atoms with E-state index in [2.05, 4.69) is 11.8 Å². The van der Waals surface area contributed by atoms with Crippen molar-refractivity contribution in [3.8, 4) is 0 Å². The van der Waals surface area contributed by atoms with Gasteiger partial charge in [0.25, 0.3) is 0 Å². The monoisotopic (exact) mass is 371 g/mol. The SMILES string of the molecule is CCN1CCN(C(=O)C2(C(=O)N(CC)C3CCS(=O)(=O)C3)CC2)CC1. The Morgan fingerprint density at radius 3 is 2.20 bits per heavy atom. The number of sulfone groups is 1. The maximum atomic E-state index is 13.1. The zero-order chi connectivity index (χ0) is 18.2. The molecule has 3 fully saturated rings. The van der Waals surface area contributed by atoms with Crippen LogP contribution in [-0.2, 0) is 19.4 Å². The van der Waals surface area contributed by atoms with Crippen molar-refractivity contribution >= 4 is 21.7 Å². The maximum Gasteiger partial charge on any atom is 0.238 e. The third-order valence-electron chi connectivity index (χ3n) is 5.93. The summed E-state index contributed by atoms with van der Waals surface area (Å²) < 4.78 is 23.5. The van der Waals surface area contributed by atoms with E-state index >= 15 is 0 Å². The second-order valence-electron chi connectivity index (χ2n) is 7.46. The lowest BCUT2D eigenvalue weighted by Gasteiger charge is -2.37. The van der Waals surface area contributed by atoms with Gasteiger partial charge in [0.1, 0.15) is 5.41 Å². The molecule has 1 saturated carbocycles. The van der Waals surface area contributed by atoms with Crippen molar-refractivity contribution in [3.05, 3.63) is 0 Å². The Labute approximate surface area is 150 Å². The normalized spacial score (nSPS) is 27.9. The average Bonchev–Trinajstić information content (AvgIpc) is 3.34. The molecule has 2 heterocycles. The first-order valence-electron chi connectivity index (χ1n) is 9.36. The van der Waals surface area contributed by atoms with E-state index in [1.807, 2.05) is 11.8 Å². The molecule has 0 aromatic carbocycles. The first-order valence-corrected chi connectivity index (χ1v) is 11.2. The topological polar surface area (TPSA) is 78.0 Å². The van der Waals surface area contributed by atoms with Gasteiger partial charge in [0.15, 0.2) is 9.84 Å². The first-order chi connectivity index (χ1) is 11.8. The fourth-order valence-electron chi connectivity index (χ4n) is 4.08. The van der Waals surface area contributed by atoms with Crippen LogP contribution in [0.2, 0.25) is 0 Å². The molecule has 142 valence electrons. The summed E-state index contributed by atoms with van der Waals surface area (Å²) in [6.07, 6.45) is 1.67. The van der Waals surface area contributed by atoms with Gasteiger partial charge in [-0.25, -0.2) is 8.42 Å². The van der Waals surface area contributed by atoms with Gasteiger partial charge in [0.05, 0.1) is 11.5 Å². The van der Waals surface area contributed by atoms with Crippen molar-refractivity contribution in [2.24, 2.45) is 5.41 Å². The first kappa shape index (κ1) is 18.6. The number of piperazine rings is 1. The highest BCUT2D eigenvalue weighted by molar-refractivity contribution is 7.91. The molecule has 8 heteroatoms. The molecule has 2 saturated heterocycles. The van der Waals surface area contributed by atoms with Crippen LogP contribution in [0.1, 0.15) is 33.1 Å². The summed E-state index contributed by atoms with van der Waals surface area (Å²) in [5.41, 5.74) is -0.920. The molecule has 0 aromatic rings. The van der Waals surface area contributed by atoms with Crippen LogP contribution in [0, 0.1) is 5.41 Å². The van der Waals surface area contributed by atoms with Gasteiger partial charge in [-0.3, -0.25) is 9.59 Å². The number of rotatable bonds is 5. The Bertz CT molecular complexity index is 636. The summed E-state index contributed by atoms with van der Waals surface area (Å²) in [5, 5.41) is 0. The van der Waals surface area contributed by atoms with E-state index < -0.39 is 15.3 Å². The van der Waals surface area contributed by atoms with E-state index in [1.165, 1.54) is 0 Å². The Kier molecular flexibility index (Phi) is 5.12. The van der Waals surface area contributed by atoms with E-state index in [1.54, 1.807) is 4.90 Å². The van der Waals surface area contributed by atoms with Crippen LogP contribution < -0.4 is 0 Å². The maximum absolute atomic E-state index is 13.1. The minimum atomic E-state index is -3.05. The summed E-state index contributed by atoms with van der Waals surface area (Å²) in [5.74, 6) is -0.0273. The smallest absolute Gasteiger partial charge is 0.238 e. The van der Waals surface area contributed by atoms with E-state index in [9.17, 15) is 18.0 Å². The largest absolute Gasteiger partial charge is 0.339 e. The molecular weight excluding hydrogens is 342 g/mol. The number of carbonyl (C=O) groups is 2. The second-order valence-corrected chi connectivity index (χ2v) is 9.69. The standard InChI is InChI=1S/C17H29N3O4S/c1-3-18-8-10-19(11-9-18)15(21)17(6-7-17)16(22)20(4-2)14-5-12-25(23,24)13-14/h14H,3-13H2,1-2H3. The molecule has 0 radical (unpaired) electrons. The van der Waals surface area contributed by atoms with Gasteiger partial charge in [0.2, 0.25) is 11.8 Å². The quantitative estimate of drug-likeness (QED) is 0.634. The van der Waals surface area contributed by atoms with Crippen LogP contribution in [0.5, 0.6) is 0 Å². The van der Waals surface area contributed by atoms with Gasteiger partial charge in [-0.2, -0.15) is 0 Å². The van der Waals surface area contributed by atoms with E-state index in [4.69, 9.17) is 0 Å². The van der Waals surface area contributed by atoms with Crippen LogP contribution in [-0.4, -0.2) is 91.7 Å². The highest BCUT2D eigenvalue weighted by Crippen LogP contribution is 2.49. The van der Waals surface area contributed by atoms with Gasteiger partial charge in [-0.05, 0) is 32.7 Å². The van der Waals surface area contributed by atoms with Gasteiger partial charge < -0.3 is 14.7 Å². The molecule has 25 heavy (non-hydrogen) atoms. The average molecular weight is 372 g/mol. The van der Waals surface area contributed by atoms with E-state index in [-0.39, 0.29) is 29.4 Å². The van der Waals surface area contributed by atoms with Crippen molar-refractivity contribution in [2.45, 2.75) is 39.2 Å². The van der Waals surface area contributed by atoms with E-state index in [0.717, 1.165) is 19.6 Å². The summed E-state index contributed by atoms with van der Waals surface area (Å²) in [7, 11) is -3.05. The molecule has 0 spiro atoms. The van der Waals surface area contributed by atoms with Gasteiger partial charge in [-0.15, -0.1) is 0 Å². The molecule has 2 amide bonds. The molecule has 1 atom stereocenters. The Hall–Kier alpha value is -1.15. The van der Waals surface area contributed by atoms with Crippen molar-refractivity contribution in [1.29, 1.82) is 0 Å². The summed E-state index contributed by atoms with van der Waals surface area (Å²) >= 11 is 0. The minimum absolute atomic E-state index is 0.0338. The Morgan fingerprint density at radius 2 is 1.76 bits per heavy atom.